The SMILES string of the molecule is O=P(c1ccccc1)(c1ccccc1)c1ccc2c(oc3ccccc32)c1I. The molecule has 0 atom stereocenters. The number of furan rings is 1. The molecule has 4 aromatic carbocycles. The Labute approximate surface area is 176 Å². The molecule has 0 saturated heterocycles. The van der Waals surface area contributed by atoms with E-state index in [1.807, 2.05) is 91.0 Å². The first-order valence-electron chi connectivity index (χ1n) is 9.01. The van der Waals surface area contributed by atoms with Crippen molar-refractivity contribution in [2.45, 2.75) is 0 Å². The van der Waals surface area contributed by atoms with Crippen LogP contribution in [-0.2, 0) is 4.57 Å². The van der Waals surface area contributed by atoms with Crippen molar-refractivity contribution in [2.24, 2.45) is 0 Å². The highest BCUT2D eigenvalue weighted by molar-refractivity contribution is 14.1. The molecule has 0 aliphatic rings. The van der Waals surface area contributed by atoms with Crippen LogP contribution >= 0.6 is 29.7 Å². The van der Waals surface area contributed by atoms with Crippen LogP contribution in [0.2, 0.25) is 0 Å². The summed E-state index contributed by atoms with van der Waals surface area (Å²) in [5.74, 6) is 0. The molecule has 0 fully saturated rings. The minimum absolute atomic E-state index is 0.798. The molecule has 4 heteroatoms. The molecule has 28 heavy (non-hydrogen) atoms. The molecule has 5 aromatic rings. The lowest BCUT2D eigenvalue weighted by Crippen LogP contribution is -2.26. The third-order valence-electron chi connectivity index (χ3n) is 5.04. The number of rotatable bonds is 3. The molecule has 1 aromatic heterocycles. The number of benzene rings is 4. The second-order valence-electron chi connectivity index (χ2n) is 6.65. The monoisotopic (exact) mass is 494 g/mol. The fourth-order valence-electron chi connectivity index (χ4n) is 3.69. The predicted octanol–water partition coefficient (Wildman–Crippen LogP) is 5.83. The summed E-state index contributed by atoms with van der Waals surface area (Å²) in [6.45, 7) is 0. The van der Waals surface area contributed by atoms with E-state index in [0.717, 1.165) is 41.4 Å². The average Bonchev–Trinajstić information content (AvgIpc) is 3.14. The third-order valence-corrected chi connectivity index (χ3v) is 9.64. The maximum atomic E-state index is 14.7. The number of halogens is 1. The van der Waals surface area contributed by atoms with Crippen LogP contribution in [0, 0.1) is 3.57 Å². The van der Waals surface area contributed by atoms with E-state index >= 15 is 0 Å². The molecule has 2 nitrogen and oxygen atoms in total. The molecule has 5 rings (SSSR count). The molecule has 0 radical (unpaired) electrons. The van der Waals surface area contributed by atoms with E-state index < -0.39 is 7.14 Å². The van der Waals surface area contributed by atoms with E-state index in [4.69, 9.17) is 4.42 Å². The lowest BCUT2D eigenvalue weighted by molar-refractivity contribution is 0.592. The van der Waals surface area contributed by atoms with Gasteiger partial charge in [-0.3, -0.25) is 0 Å². The normalized spacial score (nSPS) is 11.9. The molecule has 0 unspecified atom stereocenters. The average molecular weight is 494 g/mol. The topological polar surface area (TPSA) is 30.2 Å². The Morgan fingerprint density at radius 2 is 1.21 bits per heavy atom. The van der Waals surface area contributed by atoms with Crippen LogP contribution < -0.4 is 15.9 Å². The van der Waals surface area contributed by atoms with Crippen LogP contribution in [0.15, 0.2) is 101 Å². The first kappa shape index (κ1) is 17.7. The predicted molar refractivity (Wildman–Crippen MR) is 126 cm³/mol. The Hall–Kier alpha value is -2.36. The van der Waals surface area contributed by atoms with Crippen LogP contribution in [0.25, 0.3) is 21.9 Å². The van der Waals surface area contributed by atoms with Gasteiger partial charge in [-0.15, -0.1) is 0 Å². The third kappa shape index (κ3) is 2.65. The van der Waals surface area contributed by atoms with Crippen LogP contribution in [0.4, 0.5) is 0 Å². The van der Waals surface area contributed by atoms with Crippen LogP contribution in [0.3, 0.4) is 0 Å². The summed E-state index contributed by atoms with van der Waals surface area (Å²) in [6, 6.07) is 31.5. The van der Waals surface area contributed by atoms with Gasteiger partial charge in [0, 0.05) is 26.7 Å². The van der Waals surface area contributed by atoms with E-state index in [-0.39, 0.29) is 0 Å². The molecular weight excluding hydrogens is 478 g/mol. The Morgan fingerprint density at radius 3 is 1.86 bits per heavy atom. The highest BCUT2D eigenvalue weighted by atomic mass is 127. The number of hydrogen-bond acceptors (Lipinski definition) is 2. The van der Waals surface area contributed by atoms with Crippen LogP contribution in [0.1, 0.15) is 0 Å². The van der Waals surface area contributed by atoms with Crippen LogP contribution in [0.5, 0.6) is 0 Å². The zero-order chi connectivity index (χ0) is 19.1. The minimum atomic E-state index is -3.03. The van der Waals surface area contributed by atoms with Crippen molar-refractivity contribution in [3.05, 3.63) is 101 Å². The minimum Gasteiger partial charge on any atom is -0.455 e. The Bertz CT molecular complexity index is 1300. The van der Waals surface area contributed by atoms with Gasteiger partial charge in [-0.2, -0.15) is 0 Å². The standard InChI is InChI=1S/C24H16IO2P/c25-23-22(16-15-20-19-13-7-8-14-21(19)27-24(20)23)28(26,17-9-3-1-4-10-17)18-11-5-2-6-12-18/h1-16H. The first-order chi connectivity index (χ1) is 13.7. The maximum absolute atomic E-state index is 14.7. The highest BCUT2D eigenvalue weighted by Gasteiger charge is 2.32. The van der Waals surface area contributed by atoms with Gasteiger partial charge in [-0.05, 0) is 40.8 Å². The summed E-state index contributed by atoms with van der Waals surface area (Å²) < 4.78 is 21.7. The van der Waals surface area contributed by atoms with Gasteiger partial charge in [0.25, 0.3) is 0 Å². The molecule has 0 saturated carbocycles. The van der Waals surface area contributed by atoms with Crippen molar-refractivity contribution in [3.8, 4) is 0 Å². The molecule has 136 valence electrons. The smallest absolute Gasteiger partial charge is 0.172 e. The summed E-state index contributed by atoms with van der Waals surface area (Å²) in [7, 11) is -3.03. The quantitative estimate of drug-likeness (QED) is 0.234. The zero-order valence-corrected chi connectivity index (χ0v) is 17.9. The molecule has 0 amide bonds. The van der Waals surface area contributed by atoms with E-state index in [2.05, 4.69) is 28.7 Å². The molecular formula is C24H16IO2P. The second kappa shape index (κ2) is 6.91. The van der Waals surface area contributed by atoms with Crippen molar-refractivity contribution in [2.75, 3.05) is 0 Å². The summed E-state index contributed by atoms with van der Waals surface area (Å²) in [5, 5.41) is 4.61. The fraction of sp³-hybridized carbons (Fsp3) is 0. The van der Waals surface area contributed by atoms with E-state index in [9.17, 15) is 4.57 Å². The fourth-order valence-corrected chi connectivity index (χ4v) is 7.99. The Morgan fingerprint density at radius 1 is 0.643 bits per heavy atom. The lowest BCUT2D eigenvalue weighted by atomic mass is 10.1. The van der Waals surface area contributed by atoms with Gasteiger partial charge in [0.2, 0.25) is 0 Å². The molecule has 0 N–H and O–H groups in total. The summed E-state index contributed by atoms with van der Waals surface area (Å²) >= 11 is 2.29. The lowest BCUT2D eigenvalue weighted by Gasteiger charge is -2.21. The van der Waals surface area contributed by atoms with E-state index in [1.54, 1.807) is 0 Å². The second-order valence-corrected chi connectivity index (χ2v) is 10.5. The van der Waals surface area contributed by atoms with Gasteiger partial charge in [0.05, 0.1) is 3.57 Å². The molecule has 0 spiro atoms. The summed E-state index contributed by atoms with van der Waals surface area (Å²) in [4.78, 5) is 0. The number of fused-ring (bicyclic) bond motifs is 3. The Balaban J connectivity index is 1.85. The number of para-hydroxylation sites is 1. The largest absolute Gasteiger partial charge is 0.455 e. The summed E-state index contributed by atoms with van der Waals surface area (Å²) in [6.07, 6.45) is 0. The van der Waals surface area contributed by atoms with Crippen molar-refractivity contribution < 1.29 is 8.98 Å². The molecule has 0 aliphatic heterocycles. The van der Waals surface area contributed by atoms with Gasteiger partial charge in [-0.1, -0.05) is 78.9 Å². The van der Waals surface area contributed by atoms with Crippen molar-refractivity contribution in [3.63, 3.8) is 0 Å². The molecule has 0 aliphatic carbocycles. The van der Waals surface area contributed by atoms with Gasteiger partial charge >= 0.3 is 0 Å². The first-order valence-corrected chi connectivity index (χ1v) is 11.8. The van der Waals surface area contributed by atoms with Crippen molar-refractivity contribution in [1.82, 2.24) is 0 Å². The van der Waals surface area contributed by atoms with Crippen molar-refractivity contribution >= 4 is 67.6 Å². The van der Waals surface area contributed by atoms with Crippen molar-refractivity contribution in [1.29, 1.82) is 0 Å². The van der Waals surface area contributed by atoms with E-state index in [0.29, 0.717) is 0 Å². The molecule has 1 heterocycles. The maximum Gasteiger partial charge on any atom is 0.172 e. The summed E-state index contributed by atoms with van der Waals surface area (Å²) in [5.41, 5.74) is 1.65. The highest BCUT2D eigenvalue weighted by Crippen LogP contribution is 2.45. The van der Waals surface area contributed by atoms with E-state index in [1.165, 1.54) is 0 Å². The van der Waals surface area contributed by atoms with Gasteiger partial charge < -0.3 is 8.98 Å². The van der Waals surface area contributed by atoms with Gasteiger partial charge in [0.1, 0.15) is 11.2 Å². The van der Waals surface area contributed by atoms with Crippen LogP contribution in [-0.4, -0.2) is 0 Å². The number of hydrogen-bond donors (Lipinski definition) is 0. The Kier molecular flexibility index (Phi) is 4.37. The zero-order valence-electron chi connectivity index (χ0n) is 14.9. The van der Waals surface area contributed by atoms with Gasteiger partial charge in [0.15, 0.2) is 7.14 Å². The van der Waals surface area contributed by atoms with Gasteiger partial charge in [-0.25, -0.2) is 0 Å². The molecule has 0 bridgehead atoms.